The van der Waals surface area contributed by atoms with E-state index in [0.29, 0.717) is 22.3 Å². The lowest BCUT2D eigenvalue weighted by Crippen LogP contribution is -2.19. The third-order valence-corrected chi connectivity index (χ3v) is 6.07. The third kappa shape index (κ3) is 4.58. The SMILES string of the molecule is O=C(N=c1oc2ccccc2cc1-c1ccccc1)C(=O)N=c1oc2ccccc2cc1-c1ccccc1. The van der Waals surface area contributed by atoms with Crippen molar-refractivity contribution in [3.8, 4) is 22.3 Å². The molecule has 6 aromatic rings. The summed E-state index contributed by atoms with van der Waals surface area (Å²) >= 11 is 0. The first-order valence-corrected chi connectivity index (χ1v) is 12.0. The fraction of sp³-hybridized carbons (Fsp3) is 0. The average molecular weight is 497 g/mol. The van der Waals surface area contributed by atoms with Crippen molar-refractivity contribution in [2.45, 2.75) is 0 Å². The van der Waals surface area contributed by atoms with Gasteiger partial charge in [0.1, 0.15) is 11.2 Å². The van der Waals surface area contributed by atoms with Crippen LogP contribution in [0.15, 0.2) is 140 Å². The molecule has 0 aliphatic heterocycles. The van der Waals surface area contributed by atoms with Gasteiger partial charge in [-0.1, -0.05) is 97.1 Å². The van der Waals surface area contributed by atoms with Crippen molar-refractivity contribution in [1.29, 1.82) is 0 Å². The Bertz CT molecular complexity index is 1810. The van der Waals surface area contributed by atoms with Crippen LogP contribution in [0.2, 0.25) is 0 Å². The Morgan fingerprint density at radius 1 is 0.474 bits per heavy atom. The molecule has 0 atom stereocenters. The summed E-state index contributed by atoms with van der Waals surface area (Å²) in [5, 5.41) is 1.69. The Balaban J connectivity index is 1.49. The number of hydrogen-bond donors (Lipinski definition) is 0. The number of carbonyl (C=O) groups is 2. The summed E-state index contributed by atoms with van der Waals surface area (Å²) in [7, 11) is 0. The van der Waals surface area contributed by atoms with Gasteiger partial charge in [-0.25, -0.2) is 0 Å². The van der Waals surface area contributed by atoms with E-state index in [2.05, 4.69) is 9.98 Å². The number of para-hydroxylation sites is 2. The number of fused-ring (bicyclic) bond motifs is 2. The second-order valence-electron chi connectivity index (χ2n) is 8.57. The van der Waals surface area contributed by atoms with E-state index < -0.39 is 11.8 Å². The lowest BCUT2D eigenvalue weighted by atomic mass is 10.1. The van der Waals surface area contributed by atoms with Gasteiger partial charge in [-0.2, -0.15) is 9.98 Å². The smallest absolute Gasteiger partial charge is 0.340 e. The number of amides is 2. The van der Waals surface area contributed by atoms with Crippen LogP contribution in [0.3, 0.4) is 0 Å². The summed E-state index contributed by atoms with van der Waals surface area (Å²) in [6.07, 6.45) is 0. The van der Waals surface area contributed by atoms with E-state index in [1.807, 2.05) is 109 Å². The first-order chi connectivity index (χ1) is 18.7. The summed E-state index contributed by atoms with van der Waals surface area (Å²) < 4.78 is 11.9. The number of carbonyl (C=O) groups excluding carboxylic acids is 2. The minimum atomic E-state index is -1.07. The van der Waals surface area contributed by atoms with E-state index in [9.17, 15) is 9.59 Å². The summed E-state index contributed by atoms with van der Waals surface area (Å²) in [5.74, 6) is -2.13. The molecule has 0 unspecified atom stereocenters. The molecule has 182 valence electrons. The van der Waals surface area contributed by atoms with Gasteiger partial charge in [0.25, 0.3) is 0 Å². The lowest BCUT2D eigenvalue weighted by Gasteiger charge is -2.05. The predicted molar refractivity (Wildman–Crippen MR) is 144 cm³/mol. The van der Waals surface area contributed by atoms with Gasteiger partial charge in [0.05, 0.1) is 0 Å². The molecule has 6 heteroatoms. The van der Waals surface area contributed by atoms with Crippen LogP contribution >= 0.6 is 0 Å². The molecule has 0 saturated carbocycles. The Labute approximate surface area is 216 Å². The highest BCUT2D eigenvalue weighted by Crippen LogP contribution is 2.22. The largest absolute Gasteiger partial charge is 0.438 e. The molecule has 2 amide bonds. The molecular formula is C32H20N2O4. The second kappa shape index (κ2) is 9.95. The summed E-state index contributed by atoms with van der Waals surface area (Å²) in [4.78, 5) is 34.2. The van der Waals surface area contributed by atoms with E-state index in [1.165, 1.54) is 0 Å². The predicted octanol–water partition coefficient (Wildman–Crippen LogP) is 6.07. The maximum Gasteiger partial charge on any atom is 0.340 e. The molecule has 0 aliphatic carbocycles. The molecule has 4 aromatic carbocycles. The van der Waals surface area contributed by atoms with E-state index in [0.717, 1.165) is 21.9 Å². The van der Waals surface area contributed by atoms with Gasteiger partial charge in [-0.3, -0.25) is 9.59 Å². The fourth-order valence-corrected chi connectivity index (χ4v) is 4.23. The Morgan fingerprint density at radius 3 is 1.26 bits per heavy atom. The molecular weight excluding hydrogens is 476 g/mol. The molecule has 0 aliphatic rings. The van der Waals surface area contributed by atoms with Crippen LogP contribution in [0.25, 0.3) is 44.2 Å². The summed E-state index contributed by atoms with van der Waals surface area (Å²) in [6, 6.07) is 37.4. The van der Waals surface area contributed by atoms with Gasteiger partial charge in [-0.15, -0.1) is 0 Å². The normalized spacial score (nSPS) is 12.2. The quantitative estimate of drug-likeness (QED) is 0.273. The first-order valence-electron chi connectivity index (χ1n) is 12.0. The summed E-state index contributed by atoms with van der Waals surface area (Å²) in [5.41, 5.74) is 3.92. The molecule has 2 aromatic heterocycles. The van der Waals surface area contributed by atoms with Gasteiger partial charge in [0.15, 0.2) is 0 Å². The van der Waals surface area contributed by atoms with Gasteiger partial charge >= 0.3 is 11.8 Å². The standard InChI is InChI=1S/C32H20N2O4/c35-29(33-31-25(21-11-3-1-4-12-21)19-23-15-7-9-17-27(23)37-31)30(36)34-32-26(22-13-5-2-6-14-22)20-24-16-8-10-18-28(24)38-32/h1-20H. The van der Waals surface area contributed by atoms with Crippen LogP contribution in [-0.4, -0.2) is 11.8 Å². The van der Waals surface area contributed by atoms with Crippen molar-refractivity contribution in [2.24, 2.45) is 9.98 Å². The average Bonchev–Trinajstić information content (AvgIpc) is 2.97. The molecule has 0 N–H and O–H groups in total. The highest BCUT2D eigenvalue weighted by atomic mass is 16.3. The lowest BCUT2D eigenvalue weighted by molar-refractivity contribution is -0.135. The van der Waals surface area contributed by atoms with Gasteiger partial charge in [0.2, 0.25) is 11.1 Å². The molecule has 0 bridgehead atoms. The molecule has 0 saturated heterocycles. The number of rotatable bonds is 2. The van der Waals surface area contributed by atoms with E-state index in [-0.39, 0.29) is 11.1 Å². The Morgan fingerprint density at radius 2 is 0.842 bits per heavy atom. The van der Waals surface area contributed by atoms with Crippen LogP contribution in [0.1, 0.15) is 0 Å². The van der Waals surface area contributed by atoms with Crippen LogP contribution in [0, 0.1) is 0 Å². The number of hydrogen-bond acceptors (Lipinski definition) is 4. The Hall–Kier alpha value is -5.36. The van der Waals surface area contributed by atoms with Crippen molar-refractivity contribution in [3.05, 3.63) is 132 Å². The molecule has 0 radical (unpaired) electrons. The minimum absolute atomic E-state index is 0.0298. The highest BCUT2D eigenvalue weighted by Gasteiger charge is 2.16. The third-order valence-electron chi connectivity index (χ3n) is 6.07. The summed E-state index contributed by atoms with van der Waals surface area (Å²) in [6.45, 7) is 0. The zero-order chi connectivity index (χ0) is 25.9. The molecule has 2 heterocycles. The molecule has 0 fully saturated rings. The minimum Gasteiger partial charge on any atom is -0.438 e. The number of nitrogens with zero attached hydrogens (tertiary/aromatic N) is 2. The zero-order valence-corrected chi connectivity index (χ0v) is 20.1. The van der Waals surface area contributed by atoms with Gasteiger partial charge < -0.3 is 8.83 Å². The number of benzene rings is 4. The van der Waals surface area contributed by atoms with Crippen LogP contribution in [0.5, 0.6) is 0 Å². The molecule has 0 spiro atoms. The van der Waals surface area contributed by atoms with Crippen LogP contribution in [-0.2, 0) is 9.59 Å². The monoisotopic (exact) mass is 496 g/mol. The molecule has 38 heavy (non-hydrogen) atoms. The zero-order valence-electron chi connectivity index (χ0n) is 20.1. The first kappa shape index (κ1) is 23.1. The Kier molecular flexibility index (Phi) is 6.04. The molecule has 6 rings (SSSR count). The van der Waals surface area contributed by atoms with Crippen molar-refractivity contribution >= 4 is 33.8 Å². The molecule has 6 nitrogen and oxygen atoms in total. The maximum atomic E-state index is 13.0. The topological polar surface area (TPSA) is 85.1 Å². The van der Waals surface area contributed by atoms with E-state index in [1.54, 1.807) is 12.1 Å². The van der Waals surface area contributed by atoms with Crippen molar-refractivity contribution in [1.82, 2.24) is 0 Å². The van der Waals surface area contributed by atoms with Crippen molar-refractivity contribution < 1.29 is 18.4 Å². The van der Waals surface area contributed by atoms with Crippen LogP contribution in [0.4, 0.5) is 0 Å². The van der Waals surface area contributed by atoms with Crippen LogP contribution < -0.4 is 11.1 Å². The maximum absolute atomic E-state index is 13.0. The fourth-order valence-electron chi connectivity index (χ4n) is 4.23. The van der Waals surface area contributed by atoms with E-state index >= 15 is 0 Å². The second-order valence-corrected chi connectivity index (χ2v) is 8.57. The van der Waals surface area contributed by atoms with Crippen molar-refractivity contribution in [2.75, 3.05) is 0 Å². The van der Waals surface area contributed by atoms with Crippen molar-refractivity contribution in [3.63, 3.8) is 0 Å². The highest BCUT2D eigenvalue weighted by molar-refractivity contribution is 6.36. The van der Waals surface area contributed by atoms with Gasteiger partial charge in [0, 0.05) is 21.9 Å². The van der Waals surface area contributed by atoms with Gasteiger partial charge in [-0.05, 0) is 35.4 Å². The van der Waals surface area contributed by atoms with E-state index in [4.69, 9.17) is 8.83 Å².